The van der Waals surface area contributed by atoms with Crippen LogP contribution >= 0.6 is 0 Å². The van der Waals surface area contributed by atoms with E-state index in [0.717, 1.165) is 47.0 Å². The van der Waals surface area contributed by atoms with Gasteiger partial charge in [0.15, 0.2) is 0 Å². The van der Waals surface area contributed by atoms with Crippen LogP contribution in [0.1, 0.15) is 48.6 Å². The number of aromatic nitrogens is 2. The summed E-state index contributed by atoms with van der Waals surface area (Å²) in [6.07, 6.45) is 1.64. The molecule has 0 aliphatic carbocycles. The predicted molar refractivity (Wildman–Crippen MR) is 104 cm³/mol. The molecule has 6 heteroatoms. The van der Waals surface area contributed by atoms with Gasteiger partial charge in [0.1, 0.15) is 25.1 Å². The molecule has 2 heterocycles. The van der Waals surface area contributed by atoms with Crippen LogP contribution in [0.2, 0.25) is 0 Å². The van der Waals surface area contributed by atoms with Crippen molar-refractivity contribution >= 4 is 11.4 Å². The molecule has 0 radical (unpaired) electrons. The Morgan fingerprint density at radius 1 is 1.00 bits per heavy atom. The summed E-state index contributed by atoms with van der Waals surface area (Å²) >= 11 is 0. The van der Waals surface area contributed by atoms with Crippen LogP contribution in [0.15, 0.2) is 40.6 Å². The van der Waals surface area contributed by atoms with Crippen molar-refractivity contribution in [2.24, 2.45) is 10.3 Å². The fraction of sp³-hybridized carbons (Fsp3) is 0.400. The predicted octanol–water partition coefficient (Wildman–Crippen LogP) is 3.84. The van der Waals surface area contributed by atoms with E-state index < -0.39 is 0 Å². The third kappa shape index (κ3) is 5.95. The lowest BCUT2D eigenvalue weighted by Gasteiger charge is -2.05. The first kappa shape index (κ1) is 19.6. The van der Waals surface area contributed by atoms with Gasteiger partial charge in [-0.3, -0.25) is 9.97 Å². The van der Waals surface area contributed by atoms with Crippen LogP contribution < -0.4 is 0 Å². The van der Waals surface area contributed by atoms with Crippen molar-refractivity contribution in [2.45, 2.75) is 40.5 Å². The van der Waals surface area contributed by atoms with Crippen LogP contribution in [0.25, 0.3) is 0 Å². The molecule has 0 unspecified atom stereocenters. The molecule has 138 valence electrons. The van der Waals surface area contributed by atoms with Gasteiger partial charge in [-0.25, -0.2) is 0 Å². The summed E-state index contributed by atoms with van der Waals surface area (Å²) in [5.74, 6) is 0. The number of aryl methyl sites for hydroxylation is 3. The minimum Gasteiger partial charge on any atom is -0.399 e. The smallest absolute Gasteiger partial charge is 0.117 e. The molecule has 2 aromatic heterocycles. The van der Waals surface area contributed by atoms with Gasteiger partial charge in [0.25, 0.3) is 0 Å². The Hall–Kier alpha value is -2.76. The van der Waals surface area contributed by atoms with Crippen LogP contribution in [0, 0.1) is 13.8 Å². The fourth-order valence-electron chi connectivity index (χ4n) is 2.54. The largest absolute Gasteiger partial charge is 0.399 e. The molecule has 2 aromatic rings. The van der Waals surface area contributed by atoms with E-state index in [1.165, 1.54) is 12.7 Å². The lowest BCUT2D eigenvalue weighted by atomic mass is 10.2. The van der Waals surface area contributed by atoms with E-state index >= 15 is 0 Å². The highest BCUT2D eigenvalue weighted by molar-refractivity contribution is 5.97. The highest BCUT2D eigenvalue weighted by atomic mass is 16.6. The summed E-state index contributed by atoms with van der Waals surface area (Å²) < 4.78 is 0. The standard InChI is InChI=1S/C20H26N4O2/c1-14-12-15(2)21-20(13-14)17(4)24-26-11-7-9-18-8-6-10-19(22-18)16(3)23-25-5/h6,8,10,12-13H,7,9,11H2,1-5H3. The monoisotopic (exact) mass is 354 g/mol. The molecule has 0 N–H and O–H groups in total. The van der Waals surface area contributed by atoms with Crippen molar-refractivity contribution in [3.63, 3.8) is 0 Å². The molecule has 0 spiro atoms. The van der Waals surface area contributed by atoms with E-state index in [4.69, 9.17) is 9.68 Å². The van der Waals surface area contributed by atoms with E-state index in [0.29, 0.717) is 6.61 Å². The number of pyridine rings is 2. The van der Waals surface area contributed by atoms with Crippen molar-refractivity contribution in [2.75, 3.05) is 13.7 Å². The SMILES string of the molecule is CON=C(C)c1cccc(CCCON=C(C)c2cc(C)cc(C)n2)n1. The molecule has 26 heavy (non-hydrogen) atoms. The summed E-state index contributed by atoms with van der Waals surface area (Å²) in [5.41, 5.74) is 6.35. The zero-order valence-electron chi connectivity index (χ0n) is 16.1. The molecular weight excluding hydrogens is 328 g/mol. The second-order valence-electron chi connectivity index (χ2n) is 6.16. The highest BCUT2D eigenvalue weighted by Crippen LogP contribution is 2.07. The van der Waals surface area contributed by atoms with E-state index in [2.05, 4.69) is 20.3 Å². The minimum atomic E-state index is 0.527. The average Bonchev–Trinajstić information content (AvgIpc) is 2.61. The maximum absolute atomic E-state index is 5.44. The van der Waals surface area contributed by atoms with Gasteiger partial charge in [-0.15, -0.1) is 0 Å². The molecule has 0 amide bonds. The van der Waals surface area contributed by atoms with Crippen LogP contribution in [0.4, 0.5) is 0 Å². The second-order valence-corrected chi connectivity index (χ2v) is 6.16. The van der Waals surface area contributed by atoms with Crippen molar-refractivity contribution in [3.8, 4) is 0 Å². The first-order valence-electron chi connectivity index (χ1n) is 8.66. The first-order chi connectivity index (χ1) is 12.5. The third-order valence-corrected chi connectivity index (χ3v) is 3.74. The van der Waals surface area contributed by atoms with Crippen LogP contribution in [-0.2, 0) is 16.1 Å². The van der Waals surface area contributed by atoms with Crippen LogP contribution in [-0.4, -0.2) is 35.1 Å². The molecule has 0 aliphatic rings. The van der Waals surface area contributed by atoms with Crippen molar-refractivity contribution in [1.82, 2.24) is 9.97 Å². The molecule has 0 saturated heterocycles. The normalized spacial score (nSPS) is 12.2. The molecule has 0 saturated carbocycles. The Bertz CT molecular complexity index is 780. The molecule has 0 atom stereocenters. The van der Waals surface area contributed by atoms with Gasteiger partial charge < -0.3 is 9.68 Å². The molecule has 2 rings (SSSR count). The Morgan fingerprint density at radius 2 is 1.77 bits per heavy atom. The van der Waals surface area contributed by atoms with Crippen molar-refractivity contribution in [3.05, 3.63) is 58.7 Å². The Labute approximate surface area is 155 Å². The van der Waals surface area contributed by atoms with Crippen LogP contribution in [0.5, 0.6) is 0 Å². The van der Waals surface area contributed by atoms with Gasteiger partial charge in [0, 0.05) is 11.4 Å². The summed E-state index contributed by atoms with van der Waals surface area (Å²) in [7, 11) is 1.53. The first-order valence-corrected chi connectivity index (χ1v) is 8.66. The van der Waals surface area contributed by atoms with Gasteiger partial charge in [-0.1, -0.05) is 16.4 Å². The fourth-order valence-corrected chi connectivity index (χ4v) is 2.54. The second kappa shape index (κ2) is 9.65. The molecule has 0 aliphatic heterocycles. The van der Waals surface area contributed by atoms with Gasteiger partial charge in [-0.2, -0.15) is 0 Å². The lowest BCUT2D eigenvalue weighted by molar-refractivity contribution is 0.141. The van der Waals surface area contributed by atoms with E-state index in [1.54, 1.807) is 0 Å². The Morgan fingerprint density at radius 3 is 2.50 bits per heavy atom. The quantitative estimate of drug-likeness (QED) is 0.410. The molecule has 0 aromatic carbocycles. The molecule has 6 nitrogen and oxygen atoms in total. The summed E-state index contributed by atoms with van der Waals surface area (Å²) in [6.45, 7) is 8.33. The van der Waals surface area contributed by atoms with E-state index in [1.807, 2.05) is 58.0 Å². The third-order valence-electron chi connectivity index (χ3n) is 3.74. The summed E-state index contributed by atoms with van der Waals surface area (Å²) in [5, 5.41) is 8.09. The summed E-state index contributed by atoms with van der Waals surface area (Å²) in [4.78, 5) is 19.3. The van der Waals surface area contributed by atoms with E-state index in [9.17, 15) is 0 Å². The number of nitrogens with zero attached hydrogens (tertiary/aromatic N) is 4. The van der Waals surface area contributed by atoms with Gasteiger partial charge in [-0.05, 0) is 70.4 Å². The number of hydrogen-bond acceptors (Lipinski definition) is 6. The molecule has 0 fully saturated rings. The van der Waals surface area contributed by atoms with Crippen LogP contribution in [0.3, 0.4) is 0 Å². The Kier molecular flexibility index (Phi) is 7.26. The molecular formula is C20H26N4O2. The topological polar surface area (TPSA) is 69.0 Å². The molecule has 0 bridgehead atoms. The average molecular weight is 354 g/mol. The van der Waals surface area contributed by atoms with Crippen molar-refractivity contribution in [1.29, 1.82) is 0 Å². The van der Waals surface area contributed by atoms with Gasteiger partial charge >= 0.3 is 0 Å². The maximum atomic E-state index is 5.44. The summed E-state index contributed by atoms with van der Waals surface area (Å²) in [6, 6.07) is 9.94. The Balaban J connectivity index is 1.85. The minimum absolute atomic E-state index is 0.527. The van der Waals surface area contributed by atoms with Crippen molar-refractivity contribution < 1.29 is 9.68 Å². The zero-order valence-corrected chi connectivity index (χ0v) is 16.1. The van der Waals surface area contributed by atoms with Gasteiger partial charge in [0.05, 0.1) is 11.4 Å². The highest BCUT2D eigenvalue weighted by Gasteiger charge is 2.04. The van der Waals surface area contributed by atoms with E-state index in [-0.39, 0.29) is 0 Å². The van der Waals surface area contributed by atoms with Gasteiger partial charge in [0.2, 0.25) is 0 Å². The maximum Gasteiger partial charge on any atom is 0.117 e. The number of oxime groups is 2. The number of hydrogen-bond donors (Lipinski definition) is 0. The lowest BCUT2D eigenvalue weighted by Crippen LogP contribution is -2.04. The number of rotatable bonds is 8. The zero-order chi connectivity index (χ0) is 18.9.